The molecule has 0 atom stereocenters. The number of anilines is 2. The summed E-state index contributed by atoms with van der Waals surface area (Å²) in [6.45, 7) is 0. The molecule has 0 saturated heterocycles. The van der Waals surface area contributed by atoms with Crippen molar-refractivity contribution in [3.63, 3.8) is 0 Å². The van der Waals surface area contributed by atoms with Gasteiger partial charge in [0.05, 0.1) is 18.4 Å². The van der Waals surface area contributed by atoms with E-state index < -0.39 is 0 Å². The van der Waals surface area contributed by atoms with Gasteiger partial charge in [0.25, 0.3) is 0 Å². The van der Waals surface area contributed by atoms with Crippen LogP contribution in [0.2, 0.25) is 0 Å². The molecule has 3 aromatic rings. The Morgan fingerprint density at radius 3 is 2.48 bits per heavy atom. The fourth-order valence-electron chi connectivity index (χ4n) is 2.27. The summed E-state index contributed by atoms with van der Waals surface area (Å²) in [5.74, 6) is -0.348. The molecule has 114 valence electrons. The van der Waals surface area contributed by atoms with Gasteiger partial charge in [0.1, 0.15) is 0 Å². The zero-order valence-electron chi connectivity index (χ0n) is 12.7. The van der Waals surface area contributed by atoms with Gasteiger partial charge in [0, 0.05) is 23.1 Å². The summed E-state index contributed by atoms with van der Waals surface area (Å²) in [6, 6.07) is 21.0. The zero-order chi connectivity index (χ0) is 16.1. The van der Waals surface area contributed by atoms with Gasteiger partial charge in [-0.2, -0.15) is 0 Å². The number of aromatic nitrogens is 1. The number of ether oxygens (including phenoxy) is 1. The maximum absolute atomic E-state index is 11.6. The molecular formula is C19H16N2O2. The van der Waals surface area contributed by atoms with Crippen LogP contribution in [-0.4, -0.2) is 18.1 Å². The van der Waals surface area contributed by atoms with Gasteiger partial charge in [-0.25, -0.2) is 4.79 Å². The van der Waals surface area contributed by atoms with Gasteiger partial charge in [-0.3, -0.25) is 4.98 Å². The molecule has 1 aromatic heterocycles. The van der Waals surface area contributed by atoms with Crippen LogP contribution >= 0.6 is 0 Å². The lowest BCUT2D eigenvalue weighted by molar-refractivity contribution is 0.0601. The van der Waals surface area contributed by atoms with E-state index in [1.807, 2.05) is 54.6 Å². The number of carbonyl (C=O) groups excluding carboxylic acids is 1. The Labute approximate surface area is 134 Å². The zero-order valence-corrected chi connectivity index (χ0v) is 12.7. The number of rotatable bonds is 4. The number of nitrogens with zero attached hydrogens (tertiary/aromatic N) is 1. The molecule has 0 aliphatic heterocycles. The van der Waals surface area contributed by atoms with Crippen LogP contribution in [0.3, 0.4) is 0 Å². The predicted molar refractivity (Wildman–Crippen MR) is 90.7 cm³/mol. The summed E-state index contributed by atoms with van der Waals surface area (Å²) in [5.41, 5.74) is 4.28. The molecule has 1 heterocycles. The summed E-state index contributed by atoms with van der Waals surface area (Å²) in [6.07, 6.45) is 1.78. The van der Waals surface area contributed by atoms with Crippen molar-refractivity contribution in [2.75, 3.05) is 12.4 Å². The number of carbonyl (C=O) groups is 1. The fraction of sp³-hybridized carbons (Fsp3) is 0.0526. The maximum atomic E-state index is 11.6. The maximum Gasteiger partial charge on any atom is 0.337 e. The second kappa shape index (κ2) is 6.75. The number of benzene rings is 2. The SMILES string of the molecule is COC(=O)c1cccc(Nc2ccc(-c3ccccn3)cc2)c1. The molecule has 0 spiro atoms. The van der Waals surface area contributed by atoms with Crippen LogP contribution in [-0.2, 0) is 4.74 Å². The molecule has 0 amide bonds. The molecule has 2 aromatic carbocycles. The third kappa shape index (κ3) is 3.55. The number of nitrogens with one attached hydrogen (secondary N) is 1. The van der Waals surface area contributed by atoms with Gasteiger partial charge in [-0.05, 0) is 42.5 Å². The van der Waals surface area contributed by atoms with Crippen molar-refractivity contribution in [1.82, 2.24) is 4.98 Å². The topological polar surface area (TPSA) is 51.2 Å². The van der Waals surface area contributed by atoms with E-state index in [4.69, 9.17) is 4.74 Å². The van der Waals surface area contributed by atoms with E-state index in [-0.39, 0.29) is 5.97 Å². The van der Waals surface area contributed by atoms with Crippen LogP contribution in [0.5, 0.6) is 0 Å². The van der Waals surface area contributed by atoms with E-state index in [0.29, 0.717) is 5.56 Å². The summed E-state index contributed by atoms with van der Waals surface area (Å²) in [4.78, 5) is 15.9. The highest BCUT2D eigenvalue weighted by molar-refractivity contribution is 5.90. The van der Waals surface area contributed by atoms with Crippen molar-refractivity contribution in [1.29, 1.82) is 0 Å². The van der Waals surface area contributed by atoms with Gasteiger partial charge in [0.2, 0.25) is 0 Å². The Hall–Kier alpha value is -3.14. The van der Waals surface area contributed by atoms with Gasteiger partial charge in [-0.15, -0.1) is 0 Å². The molecule has 0 radical (unpaired) electrons. The van der Waals surface area contributed by atoms with E-state index in [2.05, 4.69) is 10.3 Å². The first kappa shape index (κ1) is 14.8. The quantitative estimate of drug-likeness (QED) is 0.731. The van der Waals surface area contributed by atoms with E-state index in [1.54, 1.807) is 18.3 Å². The molecule has 23 heavy (non-hydrogen) atoms. The number of hydrogen-bond donors (Lipinski definition) is 1. The first-order chi connectivity index (χ1) is 11.3. The van der Waals surface area contributed by atoms with E-state index in [0.717, 1.165) is 22.6 Å². The van der Waals surface area contributed by atoms with Gasteiger partial charge < -0.3 is 10.1 Å². The Morgan fingerprint density at radius 1 is 0.957 bits per heavy atom. The fourth-order valence-corrected chi connectivity index (χ4v) is 2.27. The minimum atomic E-state index is -0.348. The summed E-state index contributed by atoms with van der Waals surface area (Å²) >= 11 is 0. The second-order valence-electron chi connectivity index (χ2n) is 4.99. The van der Waals surface area contributed by atoms with Crippen LogP contribution in [0, 0.1) is 0 Å². The van der Waals surface area contributed by atoms with Crippen LogP contribution < -0.4 is 5.32 Å². The van der Waals surface area contributed by atoms with Crippen molar-refractivity contribution in [3.8, 4) is 11.3 Å². The normalized spacial score (nSPS) is 10.1. The summed E-state index contributed by atoms with van der Waals surface area (Å²) in [7, 11) is 1.37. The largest absolute Gasteiger partial charge is 0.465 e. The van der Waals surface area contributed by atoms with Crippen molar-refractivity contribution in [2.24, 2.45) is 0 Å². The average molecular weight is 304 g/mol. The lowest BCUT2D eigenvalue weighted by Gasteiger charge is -2.09. The van der Waals surface area contributed by atoms with Gasteiger partial charge in [0.15, 0.2) is 0 Å². The molecule has 0 unspecified atom stereocenters. The van der Waals surface area contributed by atoms with Crippen LogP contribution in [0.15, 0.2) is 72.9 Å². The number of esters is 1. The molecule has 0 aliphatic rings. The molecular weight excluding hydrogens is 288 g/mol. The smallest absolute Gasteiger partial charge is 0.337 e. The Morgan fingerprint density at radius 2 is 1.78 bits per heavy atom. The molecule has 0 saturated carbocycles. The lowest BCUT2D eigenvalue weighted by Crippen LogP contribution is -2.01. The van der Waals surface area contributed by atoms with Gasteiger partial charge >= 0.3 is 5.97 Å². The highest BCUT2D eigenvalue weighted by atomic mass is 16.5. The molecule has 0 fully saturated rings. The van der Waals surface area contributed by atoms with Crippen molar-refractivity contribution in [3.05, 3.63) is 78.5 Å². The third-order valence-corrected chi connectivity index (χ3v) is 3.42. The van der Waals surface area contributed by atoms with Crippen LogP contribution in [0.4, 0.5) is 11.4 Å². The molecule has 3 rings (SSSR count). The Kier molecular flexibility index (Phi) is 4.34. The first-order valence-corrected chi connectivity index (χ1v) is 7.23. The van der Waals surface area contributed by atoms with Crippen molar-refractivity contribution < 1.29 is 9.53 Å². The Bertz CT molecular complexity index is 799. The molecule has 4 heteroatoms. The number of pyridine rings is 1. The number of hydrogen-bond acceptors (Lipinski definition) is 4. The monoisotopic (exact) mass is 304 g/mol. The van der Waals surface area contributed by atoms with Crippen LogP contribution in [0.25, 0.3) is 11.3 Å². The van der Waals surface area contributed by atoms with Crippen LogP contribution in [0.1, 0.15) is 10.4 Å². The molecule has 0 aliphatic carbocycles. The lowest BCUT2D eigenvalue weighted by atomic mass is 10.1. The second-order valence-corrected chi connectivity index (χ2v) is 4.99. The predicted octanol–water partition coefficient (Wildman–Crippen LogP) is 4.28. The summed E-state index contributed by atoms with van der Waals surface area (Å²) < 4.78 is 4.73. The number of methoxy groups -OCH3 is 1. The van der Waals surface area contributed by atoms with Crippen molar-refractivity contribution in [2.45, 2.75) is 0 Å². The first-order valence-electron chi connectivity index (χ1n) is 7.23. The summed E-state index contributed by atoms with van der Waals surface area (Å²) in [5, 5.41) is 3.27. The van der Waals surface area contributed by atoms with Crippen molar-refractivity contribution >= 4 is 17.3 Å². The molecule has 1 N–H and O–H groups in total. The highest BCUT2D eigenvalue weighted by Crippen LogP contribution is 2.22. The third-order valence-electron chi connectivity index (χ3n) is 3.42. The minimum Gasteiger partial charge on any atom is -0.465 e. The Balaban J connectivity index is 1.77. The molecule has 0 bridgehead atoms. The minimum absolute atomic E-state index is 0.348. The van der Waals surface area contributed by atoms with E-state index in [9.17, 15) is 4.79 Å². The van der Waals surface area contributed by atoms with E-state index in [1.165, 1.54) is 7.11 Å². The van der Waals surface area contributed by atoms with Gasteiger partial charge in [-0.1, -0.05) is 24.3 Å². The highest BCUT2D eigenvalue weighted by Gasteiger charge is 2.06. The van der Waals surface area contributed by atoms with E-state index >= 15 is 0 Å². The standard InChI is InChI=1S/C19H16N2O2/c1-23-19(22)15-5-4-6-17(13-15)21-16-10-8-14(9-11-16)18-7-2-3-12-20-18/h2-13,21H,1H3. The molecule has 4 nitrogen and oxygen atoms in total. The average Bonchev–Trinajstić information content (AvgIpc) is 2.62.